The van der Waals surface area contributed by atoms with Crippen LogP contribution >= 0.6 is 7.60 Å². The van der Waals surface area contributed by atoms with E-state index in [1.165, 1.54) is 23.1 Å². The second-order valence-electron chi connectivity index (χ2n) is 4.07. The Bertz CT molecular complexity index is 543. The molecular weight excluding hydrogens is 417 g/mol. The predicted molar refractivity (Wildman–Crippen MR) is 89.1 cm³/mol. The van der Waals surface area contributed by atoms with E-state index in [1.54, 1.807) is 0 Å². The third-order valence-corrected chi connectivity index (χ3v) is 13.8. The summed E-state index contributed by atoms with van der Waals surface area (Å²) in [5.41, 5.74) is 0. The minimum absolute atomic E-state index is 0.0403. The Morgan fingerprint density at radius 3 is 1.52 bits per heavy atom. The van der Waals surface area contributed by atoms with Crippen molar-refractivity contribution in [3.8, 4) is 0 Å². The molecule has 0 radical (unpaired) electrons. The molecule has 0 spiro atoms. The number of rotatable bonds is 7. The van der Waals surface area contributed by atoms with Gasteiger partial charge in [-0.3, -0.25) is 0 Å². The zero-order chi connectivity index (χ0) is 15.1. The van der Waals surface area contributed by atoms with Crippen molar-refractivity contribution in [3.63, 3.8) is 0 Å². The second kappa shape index (κ2) is 8.31. The Labute approximate surface area is 138 Å². The first kappa shape index (κ1) is 17.0. The average Bonchev–Trinajstić information content (AvgIpc) is 2.55. The third kappa shape index (κ3) is 4.81. The van der Waals surface area contributed by atoms with Gasteiger partial charge in [-0.1, -0.05) is 0 Å². The number of hydrogen-bond donors (Lipinski definition) is 0. The van der Waals surface area contributed by atoms with Crippen LogP contribution in [0.4, 0.5) is 0 Å². The molecule has 0 saturated carbocycles. The van der Waals surface area contributed by atoms with Gasteiger partial charge in [-0.05, 0) is 0 Å². The van der Waals surface area contributed by atoms with Crippen molar-refractivity contribution < 1.29 is 13.6 Å². The van der Waals surface area contributed by atoms with Crippen LogP contribution in [0, 0.1) is 0 Å². The van der Waals surface area contributed by atoms with E-state index in [9.17, 15) is 4.57 Å². The van der Waals surface area contributed by atoms with Crippen LogP contribution < -0.4 is 8.92 Å². The summed E-state index contributed by atoms with van der Waals surface area (Å²) in [6.45, 7) is 0. The summed E-state index contributed by atoms with van der Waals surface area (Å²) < 4.78 is 25.7. The average molecular weight is 434 g/mol. The second-order valence-corrected chi connectivity index (χ2v) is 14.4. The van der Waals surface area contributed by atoms with Gasteiger partial charge in [0, 0.05) is 0 Å². The van der Waals surface area contributed by atoms with Crippen molar-refractivity contribution in [1.82, 2.24) is 0 Å². The van der Waals surface area contributed by atoms with Crippen LogP contribution in [0.1, 0.15) is 0 Å². The van der Waals surface area contributed by atoms with Crippen molar-refractivity contribution in [2.24, 2.45) is 0 Å². The third-order valence-electron chi connectivity index (χ3n) is 2.73. The molecule has 2 aromatic carbocycles. The van der Waals surface area contributed by atoms with Gasteiger partial charge in [0.25, 0.3) is 0 Å². The summed E-state index contributed by atoms with van der Waals surface area (Å²) >= 11 is 0.0807. The molecule has 0 aliphatic carbocycles. The topological polar surface area (TPSA) is 35.5 Å². The van der Waals surface area contributed by atoms with E-state index in [0.29, 0.717) is 0 Å². The van der Waals surface area contributed by atoms with Gasteiger partial charge in [-0.25, -0.2) is 0 Å². The molecule has 0 fully saturated rings. The van der Waals surface area contributed by atoms with Gasteiger partial charge < -0.3 is 0 Å². The summed E-state index contributed by atoms with van der Waals surface area (Å²) in [4.78, 5) is 0. The van der Waals surface area contributed by atoms with Gasteiger partial charge in [0.2, 0.25) is 0 Å². The van der Waals surface area contributed by atoms with E-state index < -0.39 is 7.60 Å². The molecule has 21 heavy (non-hydrogen) atoms. The monoisotopic (exact) mass is 436 g/mol. The summed E-state index contributed by atoms with van der Waals surface area (Å²) in [6.07, 6.45) is 0. The maximum absolute atomic E-state index is 12.8. The first-order valence-corrected chi connectivity index (χ1v) is 11.6. The Morgan fingerprint density at radius 2 is 1.19 bits per heavy atom. The van der Waals surface area contributed by atoms with Crippen molar-refractivity contribution in [2.45, 2.75) is 3.46 Å². The van der Waals surface area contributed by atoms with E-state index in [4.69, 9.17) is 9.05 Å². The van der Waals surface area contributed by atoms with Crippen molar-refractivity contribution in [2.75, 3.05) is 14.2 Å². The van der Waals surface area contributed by atoms with Crippen LogP contribution in [0.15, 0.2) is 60.7 Å². The Balaban J connectivity index is 2.24. The van der Waals surface area contributed by atoms with E-state index in [1.807, 2.05) is 36.4 Å². The van der Waals surface area contributed by atoms with Crippen LogP contribution in [-0.2, 0) is 13.6 Å². The molecule has 0 bridgehead atoms. The standard InChI is InChI=1S/C15H17O3PSe2/c1-17-19(16,18-2)15(20-13-9-5-3-6-10-13)21-14-11-7-4-8-12-14/h3-12,15H,1-2H3. The summed E-state index contributed by atoms with van der Waals surface area (Å²) in [6, 6.07) is 20.3. The molecule has 0 aliphatic rings. The van der Waals surface area contributed by atoms with Gasteiger partial charge in [0.1, 0.15) is 0 Å². The molecule has 0 aromatic heterocycles. The molecule has 0 unspecified atom stereocenters. The zero-order valence-corrected chi connectivity index (χ0v) is 16.2. The maximum atomic E-state index is 12.8. The van der Waals surface area contributed by atoms with E-state index >= 15 is 0 Å². The van der Waals surface area contributed by atoms with Gasteiger partial charge in [0.05, 0.1) is 0 Å². The Hall–Kier alpha value is -0.371. The quantitative estimate of drug-likeness (QED) is 0.493. The van der Waals surface area contributed by atoms with E-state index in [-0.39, 0.29) is 33.4 Å². The van der Waals surface area contributed by atoms with Crippen LogP contribution in [0.2, 0.25) is 0 Å². The molecule has 0 saturated heterocycles. The first-order valence-electron chi connectivity index (χ1n) is 6.32. The normalized spacial score (nSPS) is 11.8. The van der Waals surface area contributed by atoms with Crippen LogP contribution in [0.25, 0.3) is 0 Å². The van der Waals surface area contributed by atoms with Crippen molar-refractivity contribution in [1.29, 1.82) is 0 Å². The molecule has 0 N–H and O–H groups in total. The molecule has 0 heterocycles. The Kier molecular flexibility index (Phi) is 6.72. The van der Waals surface area contributed by atoms with Crippen LogP contribution in [0.3, 0.4) is 0 Å². The molecule has 3 nitrogen and oxygen atoms in total. The molecule has 0 atom stereocenters. The predicted octanol–water partition coefficient (Wildman–Crippen LogP) is 1.82. The molecule has 0 aliphatic heterocycles. The summed E-state index contributed by atoms with van der Waals surface area (Å²) in [5.74, 6) is 0. The minimum atomic E-state index is -3.07. The van der Waals surface area contributed by atoms with Crippen LogP contribution in [0.5, 0.6) is 0 Å². The van der Waals surface area contributed by atoms with E-state index in [0.717, 1.165) is 0 Å². The zero-order valence-electron chi connectivity index (χ0n) is 11.8. The van der Waals surface area contributed by atoms with E-state index in [2.05, 4.69) is 24.3 Å². The summed E-state index contributed by atoms with van der Waals surface area (Å²) in [7, 11) is -0.123. The van der Waals surface area contributed by atoms with Gasteiger partial charge in [-0.15, -0.1) is 0 Å². The molecular formula is C15H17O3PSe2. The summed E-state index contributed by atoms with van der Waals surface area (Å²) in [5, 5.41) is 0. The number of hydrogen-bond acceptors (Lipinski definition) is 3. The molecule has 2 aromatic rings. The van der Waals surface area contributed by atoms with Crippen molar-refractivity contribution >= 4 is 46.4 Å². The van der Waals surface area contributed by atoms with Crippen molar-refractivity contribution in [3.05, 3.63) is 60.7 Å². The molecule has 112 valence electrons. The first-order chi connectivity index (χ1) is 10.2. The fraction of sp³-hybridized carbons (Fsp3) is 0.200. The number of benzene rings is 2. The fourth-order valence-corrected chi connectivity index (χ4v) is 12.8. The van der Waals surface area contributed by atoms with Gasteiger partial charge in [0.15, 0.2) is 0 Å². The van der Waals surface area contributed by atoms with Gasteiger partial charge in [-0.2, -0.15) is 0 Å². The molecule has 0 amide bonds. The Morgan fingerprint density at radius 1 is 0.810 bits per heavy atom. The molecule has 6 heteroatoms. The van der Waals surface area contributed by atoms with Crippen LogP contribution in [-0.4, -0.2) is 47.6 Å². The SMILES string of the molecule is COP(=O)(OC)C([Se]c1ccccc1)[Se]c1ccccc1. The molecule has 2 rings (SSSR count). The van der Waals surface area contributed by atoms with Gasteiger partial charge >= 0.3 is 138 Å². The fourth-order valence-electron chi connectivity index (χ4n) is 1.63.